The van der Waals surface area contributed by atoms with Crippen molar-refractivity contribution in [2.45, 2.75) is 6.92 Å². The Balaban J connectivity index is 2.68. The molecule has 1 heterocycles. The number of nitrogens with one attached hydrogen (secondary N) is 1. The molecule has 78 valence electrons. The number of hydrogen-bond acceptors (Lipinski definition) is 3. The van der Waals surface area contributed by atoms with Gasteiger partial charge in [0.1, 0.15) is 5.82 Å². The molecule has 4 nitrogen and oxygen atoms in total. The Morgan fingerprint density at radius 3 is 2.93 bits per heavy atom. The lowest BCUT2D eigenvalue weighted by atomic mass is 10.2. The van der Waals surface area contributed by atoms with Crippen LogP contribution in [0.3, 0.4) is 0 Å². The van der Waals surface area contributed by atoms with E-state index in [4.69, 9.17) is 5.11 Å². The number of anilines is 1. The van der Waals surface area contributed by atoms with E-state index in [1.54, 1.807) is 17.7 Å². The molecule has 0 amide bonds. The number of rotatable bonds is 4. The van der Waals surface area contributed by atoms with Crippen molar-refractivity contribution in [3.05, 3.63) is 28.6 Å². The third-order valence-electron chi connectivity index (χ3n) is 2.13. The van der Waals surface area contributed by atoms with Gasteiger partial charge in [0, 0.05) is 26.3 Å². The third-order valence-corrected chi connectivity index (χ3v) is 2.13. The molecule has 1 unspecified atom stereocenters. The lowest BCUT2D eigenvalue weighted by Crippen LogP contribution is -2.22. The van der Waals surface area contributed by atoms with Crippen LogP contribution in [0.4, 0.5) is 5.82 Å². The largest absolute Gasteiger partial charge is 0.396 e. The molecule has 2 N–H and O–H groups in total. The number of nitrogens with zero attached hydrogens (tertiary/aromatic N) is 1. The van der Waals surface area contributed by atoms with E-state index in [2.05, 4.69) is 5.32 Å². The Bertz CT molecular complexity index is 346. The van der Waals surface area contributed by atoms with Crippen molar-refractivity contribution in [1.29, 1.82) is 0 Å². The van der Waals surface area contributed by atoms with Gasteiger partial charge in [-0.25, -0.2) is 0 Å². The summed E-state index contributed by atoms with van der Waals surface area (Å²) in [6, 6.07) is 5.07. The highest BCUT2D eigenvalue weighted by molar-refractivity contribution is 5.34. The fourth-order valence-electron chi connectivity index (χ4n) is 1.08. The third kappa shape index (κ3) is 2.60. The minimum Gasteiger partial charge on any atom is -0.396 e. The number of pyridine rings is 1. The fourth-order valence-corrected chi connectivity index (χ4v) is 1.08. The summed E-state index contributed by atoms with van der Waals surface area (Å²) in [7, 11) is 1.72. The summed E-state index contributed by atoms with van der Waals surface area (Å²) in [4.78, 5) is 11.2. The molecule has 1 aromatic rings. The first kappa shape index (κ1) is 10.8. The first-order valence-electron chi connectivity index (χ1n) is 4.66. The van der Waals surface area contributed by atoms with Crippen molar-refractivity contribution in [1.82, 2.24) is 4.57 Å². The molecule has 0 aromatic carbocycles. The highest BCUT2D eigenvalue weighted by Crippen LogP contribution is 2.02. The Morgan fingerprint density at radius 1 is 1.57 bits per heavy atom. The van der Waals surface area contributed by atoms with E-state index in [0.717, 1.165) is 5.82 Å². The molecule has 0 radical (unpaired) electrons. The smallest absolute Gasteiger partial charge is 0.251 e. The van der Waals surface area contributed by atoms with Crippen molar-refractivity contribution in [2.24, 2.45) is 13.0 Å². The molecular weight excluding hydrogens is 180 g/mol. The normalized spacial score (nSPS) is 12.5. The van der Waals surface area contributed by atoms with Gasteiger partial charge < -0.3 is 10.4 Å². The van der Waals surface area contributed by atoms with Crippen molar-refractivity contribution >= 4 is 5.82 Å². The highest BCUT2D eigenvalue weighted by atomic mass is 16.3. The molecule has 14 heavy (non-hydrogen) atoms. The Labute approximate surface area is 83.2 Å². The molecule has 1 rings (SSSR count). The minimum absolute atomic E-state index is 0.0355. The second-order valence-electron chi connectivity index (χ2n) is 3.48. The van der Waals surface area contributed by atoms with Gasteiger partial charge in [-0.1, -0.05) is 13.0 Å². The molecule has 4 heteroatoms. The second-order valence-corrected chi connectivity index (χ2v) is 3.48. The molecule has 1 atom stereocenters. The molecule has 0 spiro atoms. The number of hydrogen-bond donors (Lipinski definition) is 2. The maximum absolute atomic E-state index is 11.2. The predicted molar refractivity (Wildman–Crippen MR) is 56.4 cm³/mol. The number of aliphatic hydroxyl groups is 1. The molecule has 0 bridgehead atoms. The van der Waals surface area contributed by atoms with Gasteiger partial charge in [-0.3, -0.25) is 9.36 Å². The van der Waals surface area contributed by atoms with Gasteiger partial charge in [-0.2, -0.15) is 0 Å². The van der Waals surface area contributed by atoms with Gasteiger partial charge in [0.25, 0.3) is 5.56 Å². The molecule has 0 aliphatic heterocycles. The molecule has 0 aliphatic rings. The maximum Gasteiger partial charge on any atom is 0.251 e. The Morgan fingerprint density at radius 2 is 2.29 bits per heavy atom. The summed E-state index contributed by atoms with van der Waals surface area (Å²) in [5.74, 6) is 0.961. The van der Waals surface area contributed by atoms with Crippen molar-refractivity contribution in [3.8, 4) is 0 Å². The summed E-state index contributed by atoms with van der Waals surface area (Å²) in [5.41, 5.74) is -0.0355. The van der Waals surface area contributed by atoms with Crippen molar-refractivity contribution < 1.29 is 5.11 Å². The summed E-state index contributed by atoms with van der Waals surface area (Å²) < 4.78 is 1.55. The average molecular weight is 196 g/mol. The van der Waals surface area contributed by atoms with Crippen LogP contribution < -0.4 is 10.9 Å². The van der Waals surface area contributed by atoms with Crippen LogP contribution in [0, 0.1) is 5.92 Å². The first-order valence-corrected chi connectivity index (χ1v) is 4.66. The molecule has 0 saturated heterocycles. The summed E-state index contributed by atoms with van der Waals surface area (Å²) in [5, 5.41) is 11.9. The van der Waals surface area contributed by atoms with Crippen LogP contribution >= 0.6 is 0 Å². The molecule has 0 saturated carbocycles. The van der Waals surface area contributed by atoms with Crippen LogP contribution in [0.5, 0.6) is 0 Å². The topological polar surface area (TPSA) is 54.3 Å². The van der Waals surface area contributed by atoms with Gasteiger partial charge >= 0.3 is 0 Å². The molecule has 0 fully saturated rings. The van der Waals surface area contributed by atoms with Crippen LogP contribution in [-0.4, -0.2) is 22.8 Å². The van der Waals surface area contributed by atoms with Crippen LogP contribution in [-0.2, 0) is 7.05 Å². The molecule has 0 aliphatic carbocycles. The summed E-state index contributed by atoms with van der Waals surface area (Å²) in [6.07, 6.45) is 0. The van der Waals surface area contributed by atoms with Gasteiger partial charge in [0.2, 0.25) is 0 Å². The molecular formula is C10H16N2O2. The van der Waals surface area contributed by atoms with Crippen LogP contribution in [0.2, 0.25) is 0 Å². The summed E-state index contributed by atoms with van der Waals surface area (Å²) in [6.45, 7) is 2.75. The minimum atomic E-state index is -0.0355. The highest BCUT2D eigenvalue weighted by Gasteiger charge is 2.01. The quantitative estimate of drug-likeness (QED) is 0.734. The van der Waals surface area contributed by atoms with E-state index in [0.29, 0.717) is 6.54 Å². The zero-order valence-electron chi connectivity index (χ0n) is 8.53. The fraction of sp³-hybridized carbons (Fsp3) is 0.500. The van der Waals surface area contributed by atoms with Crippen LogP contribution in [0.1, 0.15) is 6.92 Å². The zero-order valence-corrected chi connectivity index (χ0v) is 8.53. The van der Waals surface area contributed by atoms with Crippen molar-refractivity contribution in [2.75, 3.05) is 18.5 Å². The lowest BCUT2D eigenvalue weighted by molar-refractivity contribution is 0.244. The van der Waals surface area contributed by atoms with Gasteiger partial charge in [0.05, 0.1) is 0 Å². The van der Waals surface area contributed by atoms with Gasteiger partial charge in [-0.15, -0.1) is 0 Å². The SMILES string of the molecule is CC(CO)CNc1cccc(=O)n1C. The monoisotopic (exact) mass is 196 g/mol. The van der Waals surface area contributed by atoms with Crippen LogP contribution in [0.15, 0.2) is 23.0 Å². The number of aromatic nitrogens is 1. The predicted octanol–water partition coefficient (Wildman–Crippen LogP) is 0.426. The number of aliphatic hydroxyl groups excluding tert-OH is 1. The lowest BCUT2D eigenvalue weighted by Gasteiger charge is -2.13. The van der Waals surface area contributed by atoms with Crippen LogP contribution in [0.25, 0.3) is 0 Å². The standard InChI is InChI=1S/C10H16N2O2/c1-8(7-13)6-11-9-4-3-5-10(14)12(9)2/h3-5,8,11,13H,6-7H2,1-2H3. The van der Waals surface area contributed by atoms with E-state index in [1.165, 1.54) is 6.07 Å². The van der Waals surface area contributed by atoms with Gasteiger partial charge in [0.15, 0.2) is 0 Å². The van der Waals surface area contributed by atoms with E-state index < -0.39 is 0 Å². The maximum atomic E-state index is 11.2. The van der Waals surface area contributed by atoms with E-state index in [-0.39, 0.29) is 18.1 Å². The molecule has 1 aromatic heterocycles. The Kier molecular flexibility index (Phi) is 3.71. The Hall–Kier alpha value is -1.29. The second kappa shape index (κ2) is 4.81. The zero-order chi connectivity index (χ0) is 10.6. The summed E-state index contributed by atoms with van der Waals surface area (Å²) >= 11 is 0. The van der Waals surface area contributed by atoms with E-state index in [1.807, 2.05) is 13.0 Å². The van der Waals surface area contributed by atoms with E-state index >= 15 is 0 Å². The average Bonchev–Trinajstić information content (AvgIpc) is 2.20. The van der Waals surface area contributed by atoms with Gasteiger partial charge in [-0.05, 0) is 12.0 Å². The van der Waals surface area contributed by atoms with Crippen molar-refractivity contribution in [3.63, 3.8) is 0 Å². The van der Waals surface area contributed by atoms with E-state index in [9.17, 15) is 4.79 Å². The first-order chi connectivity index (χ1) is 6.65.